The Morgan fingerprint density at radius 2 is 1.88 bits per heavy atom. The number of pyridine rings is 1. The minimum atomic E-state index is -2.29. The molecule has 0 amide bonds. The highest BCUT2D eigenvalue weighted by Crippen LogP contribution is 2.37. The van der Waals surface area contributed by atoms with E-state index in [1.165, 1.54) is 4.57 Å². The molecule has 0 saturated carbocycles. The van der Waals surface area contributed by atoms with E-state index in [0.717, 1.165) is 33.5 Å². The van der Waals surface area contributed by atoms with Gasteiger partial charge in [0.05, 0.1) is 28.6 Å². The molecule has 4 heterocycles. The number of rotatable bonds is 1. The highest BCUT2D eigenvalue weighted by atomic mass is 15.3. The predicted octanol–water partition coefficient (Wildman–Crippen LogP) is 3.83. The van der Waals surface area contributed by atoms with Crippen molar-refractivity contribution in [3.63, 3.8) is 0 Å². The van der Waals surface area contributed by atoms with Crippen molar-refractivity contribution in [3.8, 4) is 17.1 Å². The molecule has 0 saturated heterocycles. The second-order valence-electron chi connectivity index (χ2n) is 6.64. The van der Waals surface area contributed by atoms with Gasteiger partial charge in [-0.2, -0.15) is 0 Å². The summed E-state index contributed by atoms with van der Waals surface area (Å²) in [5, 5.41) is 0.926. The summed E-state index contributed by atoms with van der Waals surface area (Å²) in [5.74, 6) is 0.966. The average Bonchev–Trinajstić information content (AvgIpc) is 3.34. The van der Waals surface area contributed by atoms with Crippen LogP contribution in [-0.4, -0.2) is 14.1 Å². The second kappa shape index (κ2) is 4.82. The molecule has 4 heteroatoms. The van der Waals surface area contributed by atoms with Crippen LogP contribution in [0.25, 0.3) is 39.1 Å². The minimum Gasteiger partial charge on any atom is -0.264 e. The molecule has 1 aliphatic heterocycles. The summed E-state index contributed by atoms with van der Waals surface area (Å²) in [6.45, 7) is -1.67. The van der Waals surface area contributed by atoms with E-state index in [4.69, 9.17) is 4.11 Å². The second-order valence-corrected chi connectivity index (χ2v) is 6.64. The van der Waals surface area contributed by atoms with E-state index < -0.39 is 6.98 Å². The summed E-state index contributed by atoms with van der Waals surface area (Å²) >= 11 is 0. The van der Waals surface area contributed by atoms with E-state index in [0.29, 0.717) is 17.7 Å². The zero-order chi connectivity index (χ0) is 19.8. The lowest BCUT2D eigenvalue weighted by atomic mass is 10.1. The molecule has 0 bridgehead atoms. The molecule has 0 N–H and O–H groups in total. The number of fused-ring (bicyclic) bond motifs is 7. The third kappa shape index (κ3) is 1.59. The highest BCUT2D eigenvalue weighted by Gasteiger charge is 2.36. The van der Waals surface area contributed by atoms with Crippen LogP contribution in [0, 0.1) is 0 Å². The standard InChI is InChI=1S/C22H17N4/c1-24-19-10-6-5-9-17(19)20-22(24)25-14-15-11-12-23-13-18(15)21(25)26(20)16-7-3-2-4-8-16/h2-13H,14H2,1H3/q+1/i1D3. The Labute approximate surface area is 154 Å². The van der Waals surface area contributed by atoms with E-state index in [-0.39, 0.29) is 0 Å². The van der Waals surface area contributed by atoms with Crippen LogP contribution in [0.1, 0.15) is 9.68 Å². The fourth-order valence-electron chi connectivity index (χ4n) is 4.18. The summed E-state index contributed by atoms with van der Waals surface area (Å²) in [5.41, 5.74) is 5.51. The van der Waals surface area contributed by atoms with Crippen molar-refractivity contribution >= 4 is 22.1 Å². The smallest absolute Gasteiger partial charge is 0.264 e. The molecule has 0 fully saturated rings. The molecule has 124 valence electrons. The van der Waals surface area contributed by atoms with E-state index in [2.05, 4.69) is 26.3 Å². The van der Waals surface area contributed by atoms with Crippen molar-refractivity contribution in [2.45, 2.75) is 6.54 Å². The molecule has 0 atom stereocenters. The summed E-state index contributed by atoms with van der Waals surface area (Å²) in [7, 11) is 0. The van der Waals surface area contributed by atoms with Crippen molar-refractivity contribution in [2.75, 3.05) is 0 Å². The number of aryl methyl sites for hydroxylation is 1. The fourth-order valence-corrected chi connectivity index (χ4v) is 4.18. The van der Waals surface area contributed by atoms with Gasteiger partial charge in [-0.05, 0) is 30.3 Å². The SMILES string of the molecule is [2H]C([2H])([2H])n1c2ccccc2c2c1[n+]1c(n2-c2ccccc2)-c2cnccc2C1. The highest BCUT2D eigenvalue weighted by molar-refractivity contribution is 6.05. The first-order chi connectivity index (χ1) is 14.1. The van der Waals surface area contributed by atoms with Gasteiger partial charge in [-0.25, -0.2) is 9.13 Å². The van der Waals surface area contributed by atoms with Gasteiger partial charge in [-0.1, -0.05) is 30.3 Å². The van der Waals surface area contributed by atoms with E-state index in [9.17, 15) is 0 Å². The van der Waals surface area contributed by atoms with Crippen LogP contribution in [-0.2, 0) is 13.5 Å². The van der Waals surface area contributed by atoms with E-state index in [1.54, 1.807) is 6.20 Å². The normalized spacial score (nSPS) is 14.8. The first kappa shape index (κ1) is 11.3. The first-order valence-electron chi connectivity index (χ1n) is 10.1. The van der Waals surface area contributed by atoms with Crippen LogP contribution in [0.3, 0.4) is 0 Å². The summed E-state index contributed by atoms with van der Waals surface area (Å²) < 4.78 is 30.5. The Hall–Kier alpha value is -3.40. The van der Waals surface area contributed by atoms with Crippen LogP contribution >= 0.6 is 0 Å². The molecular weight excluding hydrogens is 320 g/mol. The minimum absolute atomic E-state index is 0.621. The zero-order valence-electron chi connectivity index (χ0n) is 16.9. The van der Waals surface area contributed by atoms with Crippen molar-refractivity contribution in [3.05, 3.63) is 78.6 Å². The van der Waals surface area contributed by atoms with Crippen molar-refractivity contribution in [2.24, 2.45) is 6.98 Å². The van der Waals surface area contributed by atoms with Crippen LogP contribution in [0.4, 0.5) is 0 Å². The quantitative estimate of drug-likeness (QED) is 0.418. The van der Waals surface area contributed by atoms with Gasteiger partial charge in [0, 0.05) is 18.0 Å². The van der Waals surface area contributed by atoms with Gasteiger partial charge in [0.15, 0.2) is 5.52 Å². The maximum atomic E-state index is 8.25. The predicted molar refractivity (Wildman–Crippen MR) is 102 cm³/mol. The third-order valence-corrected chi connectivity index (χ3v) is 5.27. The van der Waals surface area contributed by atoms with Crippen molar-refractivity contribution in [1.29, 1.82) is 0 Å². The molecule has 0 unspecified atom stereocenters. The third-order valence-electron chi connectivity index (χ3n) is 5.27. The van der Waals surface area contributed by atoms with Crippen molar-refractivity contribution < 1.29 is 8.68 Å². The number of aromatic nitrogens is 4. The molecule has 0 radical (unpaired) electrons. The Kier molecular flexibility index (Phi) is 2.09. The molecule has 4 nitrogen and oxygen atoms in total. The molecule has 2 aromatic carbocycles. The van der Waals surface area contributed by atoms with Crippen molar-refractivity contribution in [1.82, 2.24) is 14.1 Å². The monoisotopic (exact) mass is 340 g/mol. The first-order valence-corrected chi connectivity index (χ1v) is 8.62. The van der Waals surface area contributed by atoms with Gasteiger partial charge >= 0.3 is 0 Å². The molecule has 26 heavy (non-hydrogen) atoms. The Bertz CT molecular complexity index is 1410. The number of benzene rings is 2. The van der Waals surface area contributed by atoms with Gasteiger partial charge < -0.3 is 0 Å². The zero-order valence-corrected chi connectivity index (χ0v) is 13.9. The van der Waals surface area contributed by atoms with E-state index in [1.807, 2.05) is 54.7 Å². The summed E-state index contributed by atoms with van der Waals surface area (Å²) in [6.07, 6.45) is 3.66. The topological polar surface area (TPSA) is 26.6 Å². The largest absolute Gasteiger partial charge is 0.270 e. The van der Waals surface area contributed by atoms with E-state index >= 15 is 0 Å². The number of imidazole rings is 1. The van der Waals surface area contributed by atoms with Gasteiger partial charge in [0.25, 0.3) is 5.65 Å². The molecule has 1 aliphatic rings. The molecule has 0 spiro atoms. The van der Waals surface area contributed by atoms with Gasteiger partial charge in [-0.15, -0.1) is 0 Å². The lowest BCUT2D eigenvalue weighted by Crippen LogP contribution is -2.33. The number of para-hydroxylation sites is 2. The number of hydrogen-bond acceptors (Lipinski definition) is 1. The molecule has 6 rings (SSSR count). The number of hydrogen-bond donors (Lipinski definition) is 0. The maximum absolute atomic E-state index is 8.25. The molecular formula is C22H17N4+. The summed E-state index contributed by atoms with van der Waals surface area (Å²) in [6, 6.07) is 19.8. The Morgan fingerprint density at radius 1 is 1.04 bits per heavy atom. The van der Waals surface area contributed by atoms with Gasteiger partial charge in [-0.3, -0.25) is 9.55 Å². The average molecular weight is 340 g/mol. The van der Waals surface area contributed by atoms with Crippen LogP contribution in [0.15, 0.2) is 73.1 Å². The lowest BCUT2D eigenvalue weighted by Gasteiger charge is -2.04. The fraction of sp³-hybridized carbons (Fsp3) is 0.0909. The van der Waals surface area contributed by atoms with Gasteiger partial charge in [0.1, 0.15) is 11.2 Å². The molecule has 0 aliphatic carbocycles. The maximum Gasteiger partial charge on any atom is 0.270 e. The Balaban J connectivity index is 1.89. The Morgan fingerprint density at radius 3 is 2.77 bits per heavy atom. The van der Waals surface area contributed by atoms with Gasteiger partial charge in [0.2, 0.25) is 5.82 Å². The molecule has 3 aromatic heterocycles. The van der Waals surface area contributed by atoms with Crippen LogP contribution in [0.2, 0.25) is 0 Å². The van der Waals surface area contributed by atoms with Crippen LogP contribution < -0.4 is 4.57 Å². The summed E-state index contributed by atoms with van der Waals surface area (Å²) in [4.78, 5) is 4.33. The molecule has 5 aromatic rings. The lowest BCUT2D eigenvalue weighted by molar-refractivity contribution is -0.648. The van der Waals surface area contributed by atoms with Crippen LogP contribution in [0.5, 0.6) is 0 Å². The number of nitrogens with zero attached hydrogens (tertiary/aromatic N) is 4.